The van der Waals surface area contributed by atoms with E-state index in [0.717, 1.165) is 5.56 Å². The highest BCUT2D eigenvalue weighted by molar-refractivity contribution is 7.89. The van der Waals surface area contributed by atoms with E-state index >= 15 is 0 Å². The first-order valence-corrected chi connectivity index (χ1v) is 6.95. The Morgan fingerprint density at radius 1 is 1.35 bits per heavy atom. The standard InChI is InChI=1S/C11H14ClNO3S/c1-8-3-5-10(6-4-8)17(15,16)13-9(2)7-11(12)14/h3-6,9,13H,7H2,1-2H3. The second kappa shape index (κ2) is 5.62. The highest BCUT2D eigenvalue weighted by Gasteiger charge is 2.18. The third-order valence-corrected chi connectivity index (χ3v) is 3.91. The maximum atomic E-state index is 11.9. The summed E-state index contributed by atoms with van der Waals surface area (Å²) in [5.41, 5.74) is 0.980. The normalized spacial score (nSPS) is 13.4. The average molecular weight is 276 g/mol. The molecule has 1 N–H and O–H groups in total. The molecule has 1 atom stereocenters. The molecule has 0 amide bonds. The highest BCUT2D eigenvalue weighted by Crippen LogP contribution is 2.11. The SMILES string of the molecule is Cc1ccc(S(=O)(=O)NC(C)CC(=O)Cl)cc1. The van der Waals surface area contributed by atoms with Crippen LogP contribution in [-0.4, -0.2) is 19.7 Å². The van der Waals surface area contributed by atoms with E-state index in [4.69, 9.17) is 11.6 Å². The summed E-state index contributed by atoms with van der Waals surface area (Å²) in [7, 11) is -3.58. The Labute approximate surface area is 106 Å². The molecule has 1 rings (SSSR count). The van der Waals surface area contributed by atoms with Crippen molar-refractivity contribution in [2.45, 2.75) is 31.2 Å². The Morgan fingerprint density at radius 2 is 1.88 bits per heavy atom. The zero-order valence-corrected chi connectivity index (χ0v) is 11.2. The van der Waals surface area contributed by atoms with Crippen LogP contribution in [0, 0.1) is 6.92 Å². The lowest BCUT2D eigenvalue weighted by molar-refractivity contribution is -0.111. The van der Waals surface area contributed by atoms with Gasteiger partial charge in [-0.25, -0.2) is 13.1 Å². The van der Waals surface area contributed by atoms with Gasteiger partial charge in [0.05, 0.1) is 4.90 Å². The van der Waals surface area contributed by atoms with Gasteiger partial charge in [-0.1, -0.05) is 17.7 Å². The van der Waals surface area contributed by atoms with Gasteiger partial charge in [0.1, 0.15) is 0 Å². The van der Waals surface area contributed by atoms with Gasteiger partial charge < -0.3 is 0 Å². The van der Waals surface area contributed by atoms with Crippen LogP contribution < -0.4 is 4.72 Å². The molecule has 0 aliphatic rings. The Bertz CT molecular complexity index is 496. The van der Waals surface area contributed by atoms with E-state index < -0.39 is 21.3 Å². The number of carbonyl (C=O) groups is 1. The number of rotatable bonds is 5. The van der Waals surface area contributed by atoms with Crippen LogP contribution in [0.3, 0.4) is 0 Å². The van der Waals surface area contributed by atoms with Crippen molar-refractivity contribution in [2.75, 3.05) is 0 Å². The Morgan fingerprint density at radius 3 is 2.35 bits per heavy atom. The summed E-state index contributed by atoms with van der Waals surface area (Å²) in [6.07, 6.45) is -0.0351. The van der Waals surface area contributed by atoms with E-state index in [1.54, 1.807) is 19.1 Å². The fourth-order valence-corrected chi connectivity index (χ4v) is 2.81. The van der Waals surface area contributed by atoms with Gasteiger partial charge in [0, 0.05) is 12.5 Å². The molecule has 1 aromatic rings. The van der Waals surface area contributed by atoms with Crippen molar-refractivity contribution in [1.29, 1.82) is 0 Å². The predicted octanol–water partition coefficient (Wildman–Crippen LogP) is 1.82. The number of halogens is 1. The van der Waals surface area contributed by atoms with Crippen molar-refractivity contribution in [3.05, 3.63) is 29.8 Å². The van der Waals surface area contributed by atoms with Crippen LogP contribution in [0.15, 0.2) is 29.2 Å². The molecule has 0 saturated carbocycles. The number of benzene rings is 1. The molecule has 1 unspecified atom stereocenters. The van der Waals surface area contributed by atoms with E-state index in [2.05, 4.69) is 4.72 Å². The van der Waals surface area contributed by atoms with Gasteiger partial charge in [0.25, 0.3) is 0 Å². The minimum atomic E-state index is -3.58. The van der Waals surface area contributed by atoms with Gasteiger partial charge in [0.15, 0.2) is 0 Å². The van der Waals surface area contributed by atoms with Crippen LogP contribution in [-0.2, 0) is 14.8 Å². The number of hydrogen-bond acceptors (Lipinski definition) is 3. The lowest BCUT2D eigenvalue weighted by Gasteiger charge is -2.12. The fraction of sp³-hybridized carbons (Fsp3) is 0.364. The lowest BCUT2D eigenvalue weighted by Crippen LogP contribution is -2.33. The van der Waals surface area contributed by atoms with Crippen LogP contribution in [0.5, 0.6) is 0 Å². The van der Waals surface area contributed by atoms with Crippen molar-refractivity contribution in [1.82, 2.24) is 4.72 Å². The third-order valence-electron chi connectivity index (χ3n) is 2.15. The Balaban J connectivity index is 2.82. The summed E-state index contributed by atoms with van der Waals surface area (Å²) < 4.78 is 26.1. The Kier molecular flexibility index (Phi) is 4.68. The largest absolute Gasteiger partial charge is 0.281 e. The monoisotopic (exact) mass is 275 g/mol. The quantitative estimate of drug-likeness (QED) is 0.834. The second-order valence-electron chi connectivity index (χ2n) is 3.89. The number of aryl methyl sites for hydroxylation is 1. The molecule has 0 fully saturated rings. The molecule has 0 radical (unpaired) electrons. The fourth-order valence-electron chi connectivity index (χ4n) is 1.33. The topological polar surface area (TPSA) is 63.2 Å². The Hall–Kier alpha value is -0.910. The van der Waals surface area contributed by atoms with E-state index in [1.807, 2.05) is 6.92 Å². The maximum Gasteiger partial charge on any atom is 0.240 e. The molecule has 17 heavy (non-hydrogen) atoms. The minimum absolute atomic E-state index is 0.0351. The third kappa shape index (κ3) is 4.46. The summed E-state index contributed by atoms with van der Waals surface area (Å²) in [6.45, 7) is 3.46. The lowest BCUT2D eigenvalue weighted by atomic mass is 10.2. The zero-order valence-electron chi connectivity index (χ0n) is 9.60. The number of sulfonamides is 1. The molecule has 1 aromatic carbocycles. The molecule has 0 aliphatic carbocycles. The average Bonchev–Trinajstić information content (AvgIpc) is 2.15. The van der Waals surface area contributed by atoms with Crippen LogP contribution in [0.2, 0.25) is 0 Å². The van der Waals surface area contributed by atoms with Crippen LogP contribution in [0.1, 0.15) is 18.9 Å². The first-order valence-electron chi connectivity index (χ1n) is 5.08. The maximum absolute atomic E-state index is 11.9. The van der Waals surface area contributed by atoms with E-state index in [9.17, 15) is 13.2 Å². The molecule has 4 nitrogen and oxygen atoms in total. The summed E-state index contributed by atoms with van der Waals surface area (Å²) in [6, 6.07) is 5.95. The first-order chi connectivity index (χ1) is 7.81. The molecule has 0 spiro atoms. The van der Waals surface area contributed by atoms with Crippen molar-refractivity contribution >= 4 is 26.9 Å². The van der Waals surface area contributed by atoms with E-state index in [1.165, 1.54) is 12.1 Å². The van der Waals surface area contributed by atoms with Gasteiger partial charge in [-0.3, -0.25) is 4.79 Å². The molecule has 0 bridgehead atoms. The molecule has 6 heteroatoms. The van der Waals surface area contributed by atoms with Gasteiger partial charge in [-0.2, -0.15) is 0 Å². The second-order valence-corrected chi connectivity index (χ2v) is 6.03. The number of carbonyl (C=O) groups excluding carboxylic acids is 1. The summed E-state index contributed by atoms with van der Waals surface area (Å²) in [5.74, 6) is 0. The highest BCUT2D eigenvalue weighted by atomic mass is 35.5. The van der Waals surface area contributed by atoms with Crippen molar-refractivity contribution in [3.63, 3.8) is 0 Å². The molecule has 0 saturated heterocycles. The summed E-state index contributed by atoms with van der Waals surface area (Å²) >= 11 is 5.19. The van der Waals surface area contributed by atoms with Crippen molar-refractivity contribution in [3.8, 4) is 0 Å². The molecule has 0 aromatic heterocycles. The number of hydrogen-bond donors (Lipinski definition) is 1. The van der Waals surface area contributed by atoms with Gasteiger partial charge in [-0.05, 0) is 37.6 Å². The van der Waals surface area contributed by atoms with E-state index in [0.29, 0.717) is 0 Å². The molecular weight excluding hydrogens is 262 g/mol. The van der Waals surface area contributed by atoms with Crippen molar-refractivity contribution < 1.29 is 13.2 Å². The van der Waals surface area contributed by atoms with Gasteiger partial charge >= 0.3 is 0 Å². The molecular formula is C11H14ClNO3S. The molecule has 0 heterocycles. The molecule has 94 valence electrons. The smallest absolute Gasteiger partial charge is 0.240 e. The van der Waals surface area contributed by atoms with Gasteiger partial charge in [0.2, 0.25) is 15.3 Å². The minimum Gasteiger partial charge on any atom is -0.281 e. The van der Waals surface area contributed by atoms with Crippen LogP contribution in [0.25, 0.3) is 0 Å². The van der Waals surface area contributed by atoms with Gasteiger partial charge in [-0.15, -0.1) is 0 Å². The zero-order chi connectivity index (χ0) is 13.1. The van der Waals surface area contributed by atoms with Crippen molar-refractivity contribution in [2.24, 2.45) is 0 Å². The first kappa shape index (κ1) is 14.2. The number of nitrogens with one attached hydrogen (secondary N) is 1. The van der Waals surface area contributed by atoms with Crippen LogP contribution in [0.4, 0.5) is 0 Å². The molecule has 0 aliphatic heterocycles. The predicted molar refractivity (Wildman–Crippen MR) is 66.4 cm³/mol. The van der Waals surface area contributed by atoms with E-state index in [-0.39, 0.29) is 11.3 Å². The summed E-state index contributed by atoms with van der Waals surface area (Å²) in [5, 5.41) is -0.566. The van der Waals surface area contributed by atoms with Crippen LogP contribution >= 0.6 is 11.6 Å². The summed E-state index contributed by atoms with van der Waals surface area (Å²) in [4.78, 5) is 10.8.